The molecular formula is C15H26N3. The zero-order valence-electron chi connectivity index (χ0n) is 12.4. The highest BCUT2D eigenvalue weighted by atomic mass is 14.8. The number of hydrogen-bond donors (Lipinski definition) is 3. The lowest BCUT2D eigenvalue weighted by Gasteiger charge is -2.35. The van der Waals surface area contributed by atoms with E-state index in [9.17, 15) is 0 Å². The van der Waals surface area contributed by atoms with Crippen molar-refractivity contribution in [2.75, 3.05) is 0 Å². The molecule has 0 aliphatic rings. The van der Waals surface area contributed by atoms with E-state index in [4.69, 9.17) is 17.2 Å². The minimum absolute atomic E-state index is 0.457. The first-order chi connectivity index (χ1) is 7.85. The van der Waals surface area contributed by atoms with Crippen LogP contribution < -0.4 is 17.2 Å². The summed E-state index contributed by atoms with van der Waals surface area (Å²) in [7, 11) is 0. The van der Waals surface area contributed by atoms with Gasteiger partial charge in [-0.3, -0.25) is 0 Å². The molecule has 0 saturated heterocycles. The molecule has 1 aromatic rings. The lowest BCUT2D eigenvalue weighted by atomic mass is 9.76. The maximum Gasteiger partial charge on any atom is 0.0362 e. The van der Waals surface area contributed by atoms with Crippen LogP contribution >= 0.6 is 0 Å². The van der Waals surface area contributed by atoms with E-state index in [-0.39, 0.29) is 0 Å². The second kappa shape index (κ2) is 4.34. The van der Waals surface area contributed by atoms with Crippen molar-refractivity contribution in [3.8, 4) is 0 Å². The molecule has 0 amide bonds. The van der Waals surface area contributed by atoms with E-state index in [1.165, 1.54) is 0 Å². The molecule has 1 aromatic carbocycles. The summed E-state index contributed by atoms with van der Waals surface area (Å²) in [6.07, 6.45) is 0. The number of benzene rings is 1. The van der Waals surface area contributed by atoms with Crippen LogP contribution in [0.3, 0.4) is 0 Å². The van der Waals surface area contributed by atoms with Gasteiger partial charge in [-0.25, -0.2) is 0 Å². The van der Waals surface area contributed by atoms with Gasteiger partial charge in [0.05, 0.1) is 0 Å². The van der Waals surface area contributed by atoms with Crippen LogP contribution in [-0.2, 0) is 16.6 Å². The van der Waals surface area contributed by atoms with Crippen molar-refractivity contribution in [1.29, 1.82) is 0 Å². The predicted molar refractivity (Wildman–Crippen MR) is 76.9 cm³/mol. The van der Waals surface area contributed by atoms with Gasteiger partial charge in [-0.05, 0) is 64.3 Å². The average Bonchev–Trinajstić information content (AvgIpc) is 2.12. The summed E-state index contributed by atoms with van der Waals surface area (Å²) in [4.78, 5) is 0. The standard InChI is InChI=1S/C15H26N3/c1-13(2,16)10-8-7-9-11(14(3,4)17)12(10)15(5,6)18/h7-8H,16-18H2,1-6H3. The molecule has 0 saturated carbocycles. The normalized spacial score (nSPS) is 13.8. The monoisotopic (exact) mass is 248 g/mol. The molecule has 0 aliphatic carbocycles. The fourth-order valence-corrected chi connectivity index (χ4v) is 2.21. The first kappa shape index (κ1) is 15.2. The average molecular weight is 248 g/mol. The number of nitrogens with two attached hydrogens (primary N) is 3. The van der Waals surface area contributed by atoms with Crippen LogP contribution in [0.5, 0.6) is 0 Å². The molecule has 3 heteroatoms. The second-order valence-electron chi connectivity index (χ2n) is 6.81. The van der Waals surface area contributed by atoms with Crippen molar-refractivity contribution in [3.63, 3.8) is 0 Å². The smallest absolute Gasteiger partial charge is 0.0362 e. The first-order valence-electron chi connectivity index (χ1n) is 6.28. The Morgan fingerprint density at radius 3 is 1.67 bits per heavy atom. The summed E-state index contributed by atoms with van der Waals surface area (Å²) in [5.74, 6) is 0. The highest BCUT2D eigenvalue weighted by molar-refractivity contribution is 5.45. The SMILES string of the molecule is CC(C)(N)c1[c]ccc(C(C)(C)N)c1C(C)(C)N. The van der Waals surface area contributed by atoms with E-state index in [1.807, 2.05) is 53.7 Å². The summed E-state index contributed by atoms with van der Waals surface area (Å²) >= 11 is 0. The molecule has 0 atom stereocenters. The van der Waals surface area contributed by atoms with Gasteiger partial charge in [0.25, 0.3) is 0 Å². The van der Waals surface area contributed by atoms with Crippen LogP contribution in [0.25, 0.3) is 0 Å². The van der Waals surface area contributed by atoms with Crippen molar-refractivity contribution < 1.29 is 0 Å². The summed E-state index contributed by atoms with van der Waals surface area (Å²) in [6.45, 7) is 11.8. The quantitative estimate of drug-likeness (QED) is 0.766. The van der Waals surface area contributed by atoms with Crippen molar-refractivity contribution in [2.45, 2.75) is 58.2 Å². The summed E-state index contributed by atoms with van der Waals surface area (Å²) in [5.41, 5.74) is 20.3. The van der Waals surface area contributed by atoms with E-state index in [1.54, 1.807) is 0 Å². The lowest BCUT2D eigenvalue weighted by Crippen LogP contribution is -2.41. The maximum atomic E-state index is 6.32. The Balaban J connectivity index is 3.68. The molecule has 18 heavy (non-hydrogen) atoms. The molecular weight excluding hydrogens is 222 g/mol. The van der Waals surface area contributed by atoms with E-state index in [2.05, 4.69) is 6.07 Å². The molecule has 0 aromatic heterocycles. The van der Waals surface area contributed by atoms with Crippen LogP contribution in [0.1, 0.15) is 58.2 Å². The van der Waals surface area contributed by atoms with Gasteiger partial charge in [0.1, 0.15) is 0 Å². The van der Waals surface area contributed by atoms with Crippen molar-refractivity contribution in [1.82, 2.24) is 0 Å². The van der Waals surface area contributed by atoms with Crippen molar-refractivity contribution in [3.05, 3.63) is 34.9 Å². The van der Waals surface area contributed by atoms with Gasteiger partial charge in [0, 0.05) is 16.6 Å². The van der Waals surface area contributed by atoms with Crippen LogP contribution in [0, 0.1) is 6.07 Å². The number of hydrogen-bond acceptors (Lipinski definition) is 3. The third-order valence-corrected chi connectivity index (χ3v) is 2.98. The fourth-order valence-electron chi connectivity index (χ4n) is 2.21. The van der Waals surface area contributed by atoms with Gasteiger partial charge in [0.2, 0.25) is 0 Å². The maximum absolute atomic E-state index is 6.32. The van der Waals surface area contributed by atoms with Crippen molar-refractivity contribution >= 4 is 0 Å². The Morgan fingerprint density at radius 1 is 0.833 bits per heavy atom. The van der Waals surface area contributed by atoms with Gasteiger partial charge in [0.15, 0.2) is 0 Å². The Kier molecular flexibility index (Phi) is 3.65. The lowest BCUT2D eigenvalue weighted by molar-refractivity contribution is 0.466. The zero-order chi connectivity index (χ0) is 14.4. The van der Waals surface area contributed by atoms with E-state index in [0.29, 0.717) is 0 Å². The fraction of sp³-hybridized carbons (Fsp3) is 0.600. The number of rotatable bonds is 3. The summed E-state index contributed by atoms with van der Waals surface area (Å²) < 4.78 is 0. The molecule has 0 heterocycles. The predicted octanol–water partition coefficient (Wildman–Crippen LogP) is 2.07. The first-order valence-corrected chi connectivity index (χ1v) is 6.28. The molecule has 6 N–H and O–H groups in total. The third-order valence-electron chi connectivity index (χ3n) is 2.98. The second-order valence-corrected chi connectivity index (χ2v) is 6.81. The van der Waals surface area contributed by atoms with Gasteiger partial charge in [-0.2, -0.15) is 0 Å². The Bertz CT molecular complexity index is 396. The molecule has 0 fully saturated rings. The molecule has 3 nitrogen and oxygen atoms in total. The van der Waals surface area contributed by atoms with Gasteiger partial charge < -0.3 is 17.2 Å². The van der Waals surface area contributed by atoms with E-state index < -0.39 is 16.6 Å². The van der Waals surface area contributed by atoms with Crippen molar-refractivity contribution in [2.24, 2.45) is 17.2 Å². The molecule has 101 valence electrons. The molecule has 1 rings (SSSR count). The zero-order valence-corrected chi connectivity index (χ0v) is 12.4. The highest BCUT2D eigenvalue weighted by Gasteiger charge is 2.32. The molecule has 0 spiro atoms. The minimum Gasteiger partial charge on any atom is -0.322 e. The van der Waals surface area contributed by atoms with Crippen LogP contribution in [0.4, 0.5) is 0 Å². The largest absolute Gasteiger partial charge is 0.322 e. The highest BCUT2D eigenvalue weighted by Crippen LogP contribution is 2.35. The summed E-state index contributed by atoms with van der Waals surface area (Å²) in [6, 6.07) is 7.10. The van der Waals surface area contributed by atoms with Gasteiger partial charge in [-0.1, -0.05) is 12.1 Å². The van der Waals surface area contributed by atoms with Crippen LogP contribution in [0.2, 0.25) is 0 Å². The summed E-state index contributed by atoms with van der Waals surface area (Å²) in [5, 5.41) is 0. The topological polar surface area (TPSA) is 78.1 Å². The molecule has 1 radical (unpaired) electrons. The Labute approximate surface area is 111 Å². The molecule has 0 aliphatic heterocycles. The van der Waals surface area contributed by atoms with Crippen LogP contribution in [-0.4, -0.2) is 0 Å². The molecule has 0 bridgehead atoms. The van der Waals surface area contributed by atoms with Gasteiger partial charge >= 0.3 is 0 Å². The Hall–Kier alpha value is -0.900. The van der Waals surface area contributed by atoms with Gasteiger partial charge in [-0.15, -0.1) is 0 Å². The minimum atomic E-state index is -0.504. The third kappa shape index (κ3) is 3.10. The van der Waals surface area contributed by atoms with E-state index in [0.717, 1.165) is 16.7 Å². The Morgan fingerprint density at radius 2 is 1.33 bits per heavy atom. The van der Waals surface area contributed by atoms with Crippen LogP contribution in [0.15, 0.2) is 12.1 Å². The molecule has 0 unspecified atom stereocenters. The van der Waals surface area contributed by atoms with E-state index >= 15 is 0 Å².